The average Bonchev–Trinajstić information content (AvgIpc) is 2.33. The molecule has 0 aromatic carbocycles. The van der Waals surface area contributed by atoms with E-state index in [-0.39, 0.29) is 34.3 Å². The van der Waals surface area contributed by atoms with Gasteiger partial charge in [-0.15, -0.1) is 0 Å². The van der Waals surface area contributed by atoms with E-state index in [9.17, 15) is 18.3 Å². The van der Waals surface area contributed by atoms with E-state index in [0.29, 0.717) is 13.0 Å². The van der Waals surface area contributed by atoms with Gasteiger partial charge in [0.15, 0.2) is 9.84 Å². The van der Waals surface area contributed by atoms with Crippen molar-refractivity contribution in [2.45, 2.75) is 58.8 Å². The summed E-state index contributed by atoms with van der Waals surface area (Å²) in [4.78, 5) is 11.3. The molecule has 3 unspecified atom stereocenters. The molecular weight excluding hydrogens is 290 g/mol. The molecule has 0 aliphatic heterocycles. The van der Waals surface area contributed by atoms with Gasteiger partial charge in [-0.25, -0.2) is 8.42 Å². The van der Waals surface area contributed by atoms with E-state index in [1.54, 1.807) is 13.8 Å². The van der Waals surface area contributed by atoms with Gasteiger partial charge in [-0.1, -0.05) is 20.8 Å². The quantitative estimate of drug-likeness (QED) is 0.781. The van der Waals surface area contributed by atoms with Crippen molar-refractivity contribution in [2.75, 3.05) is 12.3 Å². The van der Waals surface area contributed by atoms with Crippen molar-refractivity contribution in [3.8, 4) is 0 Å². The van der Waals surface area contributed by atoms with Crippen molar-refractivity contribution in [1.29, 1.82) is 0 Å². The van der Waals surface area contributed by atoms with Crippen molar-refractivity contribution < 1.29 is 18.3 Å². The largest absolute Gasteiger partial charge is 0.481 e. The highest BCUT2D eigenvalue weighted by Crippen LogP contribution is 2.44. The standard InChI is InChI=1S/C15H29NO4S/c1-10(2)21(19,20)9-8-16-13-7-6-12(14(17)18)15(4,5)11(13)3/h10-13,16H,6-9H2,1-5H3,(H,17,18). The van der Waals surface area contributed by atoms with Crippen molar-refractivity contribution in [3.05, 3.63) is 0 Å². The summed E-state index contributed by atoms with van der Waals surface area (Å²) in [5, 5.41) is 12.3. The van der Waals surface area contributed by atoms with Crippen molar-refractivity contribution in [1.82, 2.24) is 5.32 Å². The van der Waals surface area contributed by atoms with Crippen LogP contribution < -0.4 is 5.32 Å². The van der Waals surface area contributed by atoms with Crippen LogP contribution in [0.25, 0.3) is 0 Å². The third-order valence-electron chi connectivity index (χ3n) is 5.25. The first-order chi connectivity index (χ1) is 9.50. The lowest BCUT2D eigenvalue weighted by atomic mass is 9.61. The molecule has 5 nitrogen and oxygen atoms in total. The molecule has 1 fully saturated rings. The summed E-state index contributed by atoms with van der Waals surface area (Å²) in [5.74, 6) is -0.733. The maximum Gasteiger partial charge on any atom is 0.307 e. The van der Waals surface area contributed by atoms with Crippen molar-refractivity contribution in [2.24, 2.45) is 17.3 Å². The fraction of sp³-hybridized carbons (Fsp3) is 0.933. The summed E-state index contributed by atoms with van der Waals surface area (Å²) in [6.45, 7) is 9.87. The first-order valence-corrected chi connectivity index (χ1v) is 9.39. The van der Waals surface area contributed by atoms with Gasteiger partial charge in [0.25, 0.3) is 0 Å². The van der Waals surface area contributed by atoms with Gasteiger partial charge in [0, 0.05) is 12.6 Å². The number of aliphatic carboxylic acids is 1. The van der Waals surface area contributed by atoms with Crippen molar-refractivity contribution >= 4 is 15.8 Å². The predicted octanol–water partition coefficient (Wildman–Crippen LogP) is 1.92. The van der Waals surface area contributed by atoms with E-state index < -0.39 is 15.8 Å². The Morgan fingerprint density at radius 1 is 1.33 bits per heavy atom. The van der Waals surface area contributed by atoms with Crippen LogP contribution in [-0.4, -0.2) is 43.1 Å². The van der Waals surface area contributed by atoms with E-state index in [1.807, 2.05) is 13.8 Å². The molecule has 124 valence electrons. The highest BCUT2D eigenvalue weighted by atomic mass is 32.2. The number of rotatable bonds is 6. The zero-order valence-corrected chi connectivity index (χ0v) is 14.5. The monoisotopic (exact) mass is 319 g/mol. The fourth-order valence-electron chi connectivity index (χ4n) is 3.15. The molecular formula is C15H29NO4S. The minimum absolute atomic E-state index is 0.136. The van der Waals surface area contributed by atoms with Crippen LogP contribution in [0.15, 0.2) is 0 Å². The van der Waals surface area contributed by atoms with Crippen molar-refractivity contribution in [3.63, 3.8) is 0 Å². The topological polar surface area (TPSA) is 83.5 Å². The number of sulfone groups is 1. The fourth-order valence-corrected chi connectivity index (χ4v) is 4.02. The lowest BCUT2D eigenvalue weighted by Gasteiger charge is -2.46. The zero-order chi connectivity index (χ0) is 16.4. The number of hydrogen-bond acceptors (Lipinski definition) is 4. The van der Waals surface area contributed by atoms with Gasteiger partial charge in [0.05, 0.1) is 16.9 Å². The average molecular weight is 319 g/mol. The molecule has 0 radical (unpaired) electrons. The summed E-state index contributed by atoms with van der Waals surface area (Å²) < 4.78 is 23.6. The second kappa shape index (κ2) is 6.65. The Morgan fingerprint density at radius 2 is 1.90 bits per heavy atom. The lowest BCUT2D eigenvalue weighted by Crippen LogP contribution is -2.51. The van der Waals surface area contributed by atoms with Gasteiger partial charge in [0.1, 0.15) is 0 Å². The first-order valence-electron chi connectivity index (χ1n) is 7.68. The molecule has 21 heavy (non-hydrogen) atoms. The summed E-state index contributed by atoms with van der Waals surface area (Å²) in [6.07, 6.45) is 1.42. The molecule has 1 aliphatic carbocycles. The maximum absolute atomic E-state index is 11.8. The Kier molecular flexibility index (Phi) is 5.83. The normalized spacial score (nSPS) is 29.5. The van der Waals surface area contributed by atoms with Crippen LogP contribution in [0.1, 0.15) is 47.5 Å². The smallest absolute Gasteiger partial charge is 0.307 e. The first kappa shape index (κ1) is 18.4. The summed E-state index contributed by atoms with van der Waals surface area (Å²) in [5.41, 5.74) is -0.293. The van der Waals surface area contributed by atoms with Gasteiger partial charge in [-0.05, 0) is 38.0 Å². The molecule has 0 saturated heterocycles. The molecule has 0 bridgehead atoms. The SMILES string of the molecule is CC1C(NCCS(=O)(=O)C(C)C)CCC(C(=O)O)C1(C)C. The van der Waals surface area contributed by atoms with E-state index in [2.05, 4.69) is 12.2 Å². The molecule has 3 atom stereocenters. The Hall–Kier alpha value is -0.620. The molecule has 1 saturated carbocycles. The third kappa shape index (κ3) is 4.19. The van der Waals surface area contributed by atoms with Crippen LogP contribution in [0.5, 0.6) is 0 Å². The third-order valence-corrected chi connectivity index (χ3v) is 7.46. The second-order valence-corrected chi connectivity index (χ2v) is 9.73. The highest BCUT2D eigenvalue weighted by Gasteiger charge is 2.46. The number of nitrogens with one attached hydrogen (secondary N) is 1. The van der Waals surface area contributed by atoms with Gasteiger partial charge in [-0.3, -0.25) is 4.79 Å². The molecule has 0 aromatic rings. The minimum atomic E-state index is -3.03. The van der Waals surface area contributed by atoms with E-state index in [1.165, 1.54) is 0 Å². The number of carboxylic acid groups (broad SMARTS) is 1. The van der Waals surface area contributed by atoms with E-state index in [0.717, 1.165) is 6.42 Å². The van der Waals surface area contributed by atoms with Crippen LogP contribution in [0.4, 0.5) is 0 Å². The van der Waals surface area contributed by atoms with Crippen LogP contribution in [0, 0.1) is 17.3 Å². The maximum atomic E-state index is 11.8. The van der Waals surface area contributed by atoms with Crippen LogP contribution in [0.2, 0.25) is 0 Å². The van der Waals surface area contributed by atoms with E-state index in [4.69, 9.17) is 0 Å². The summed E-state index contributed by atoms with van der Waals surface area (Å²) >= 11 is 0. The van der Waals surface area contributed by atoms with Gasteiger partial charge >= 0.3 is 5.97 Å². The summed E-state index contributed by atoms with van der Waals surface area (Å²) in [7, 11) is -3.03. The number of hydrogen-bond donors (Lipinski definition) is 2. The highest BCUT2D eigenvalue weighted by molar-refractivity contribution is 7.92. The second-order valence-electron chi connectivity index (χ2n) is 7.05. The van der Waals surface area contributed by atoms with Crippen LogP contribution in [-0.2, 0) is 14.6 Å². The van der Waals surface area contributed by atoms with Gasteiger partial charge in [0.2, 0.25) is 0 Å². The number of carbonyl (C=O) groups is 1. The molecule has 0 amide bonds. The van der Waals surface area contributed by atoms with Gasteiger partial charge < -0.3 is 10.4 Å². The minimum Gasteiger partial charge on any atom is -0.481 e. The number of carboxylic acids is 1. The Bertz CT molecular complexity index is 470. The zero-order valence-electron chi connectivity index (χ0n) is 13.7. The molecule has 1 rings (SSSR count). The van der Waals surface area contributed by atoms with Crippen LogP contribution >= 0.6 is 0 Å². The Balaban J connectivity index is 2.61. The van der Waals surface area contributed by atoms with E-state index >= 15 is 0 Å². The molecule has 6 heteroatoms. The Morgan fingerprint density at radius 3 is 2.38 bits per heavy atom. The lowest BCUT2D eigenvalue weighted by molar-refractivity contribution is -0.150. The van der Waals surface area contributed by atoms with Crippen LogP contribution in [0.3, 0.4) is 0 Å². The molecule has 2 N–H and O–H groups in total. The molecule has 0 aromatic heterocycles. The Labute approximate surface area is 128 Å². The molecule has 1 aliphatic rings. The molecule has 0 spiro atoms. The predicted molar refractivity (Wildman–Crippen MR) is 84.0 cm³/mol. The van der Waals surface area contributed by atoms with Gasteiger partial charge in [-0.2, -0.15) is 0 Å². The molecule has 0 heterocycles. The summed E-state index contributed by atoms with van der Waals surface area (Å²) in [6, 6.07) is 0.179.